The summed E-state index contributed by atoms with van der Waals surface area (Å²) in [6.07, 6.45) is 0. The van der Waals surface area contributed by atoms with Gasteiger partial charge in [0, 0.05) is 18.8 Å². The Balaban J connectivity index is 1.38. The van der Waals surface area contributed by atoms with E-state index in [9.17, 15) is 13.2 Å². The number of amides is 1. The highest BCUT2D eigenvalue weighted by molar-refractivity contribution is 7.89. The molecule has 12 heteroatoms. The maximum atomic E-state index is 13.0. The van der Waals surface area contributed by atoms with E-state index in [0.29, 0.717) is 49.1 Å². The van der Waals surface area contributed by atoms with Gasteiger partial charge in [-0.25, -0.2) is 8.42 Å². The van der Waals surface area contributed by atoms with Gasteiger partial charge in [-0.2, -0.15) is 9.10 Å². The fourth-order valence-corrected chi connectivity index (χ4v) is 4.94. The van der Waals surface area contributed by atoms with Crippen LogP contribution in [0.3, 0.4) is 0 Å². The van der Waals surface area contributed by atoms with Gasteiger partial charge in [0.2, 0.25) is 21.8 Å². The molecule has 2 heterocycles. The van der Waals surface area contributed by atoms with Crippen molar-refractivity contribution in [2.75, 3.05) is 31.6 Å². The van der Waals surface area contributed by atoms with E-state index < -0.39 is 15.9 Å². The van der Waals surface area contributed by atoms with Crippen molar-refractivity contribution in [2.45, 2.75) is 25.0 Å². The molecule has 0 unspecified atom stereocenters. The molecule has 1 amide bonds. The monoisotopic (exact) mass is 472 g/mol. The molecule has 0 spiro atoms. The molecule has 0 atom stereocenters. The summed E-state index contributed by atoms with van der Waals surface area (Å²) in [7, 11) is -3.69. The zero-order chi connectivity index (χ0) is 23.3. The first kappa shape index (κ1) is 22.8. The van der Waals surface area contributed by atoms with Crippen molar-refractivity contribution in [1.29, 1.82) is 0 Å². The van der Waals surface area contributed by atoms with Gasteiger partial charge in [-0.1, -0.05) is 24.3 Å². The number of hydrogen-bond donors (Lipinski definition) is 1. The number of rotatable bonds is 8. The Kier molecular flexibility index (Phi) is 6.96. The number of aromatic nitrogens is 4. The van der Waals surface area contributed by atoms with Crippen LogP contribution >= 0.6 is 0 Å². The van der Waals surface area contributed by atoms with Crippen molar-refractivity contribution in [2.24, 2.45) is 0 Å². The average molecular weight is 473 g/mol. The summed E-state index contributed by atoms with van der Waals surface area (Å²) in [6, 6.07) is 14.0. The number of para-hydroxylation sites is 1. The quantitative estimate of drug-likeness (QED) is 0.518. The third-order valence-electron chi connectivity index (χ3n) is 4.95. The molecule has 1 aromatic heterocycles. The fourth-order valence-electron chi connectivity index (χ4n) is 3.28. The molecule has 1 fully saturated rings. The van der Waals surface area contributed by atoms with Crippen molar-refractivity contribution in [3.63, 3.8) is 0 Å². The highest BCUT2D eigenvalue weighted by atomic mass is 32.2. The lowest BCUT2D eigenvalue weighted by atomic mass is 10.2. The van der Waals surface area contributed by atoms with E-state index in [1.165, 1.54) is 10.4 Å². The summed E-state index contributed by atoms with van der Waals surface area (Å²) in [5.41, 5.74) is 0.964. The van der Waals surface area contributed by atoms with Crippen molar-refractivity contribution in [1.82, 2.24) is 24.5 Å². The zero-order valence-electron chi connectivity index (χ0n) is 18.0. The van der Waals surface area contributed by atoms with E-state index in [1.807, 2.05) is 30.3 Å². The van der Waals surface area contributed by atoms with Crippen LogP contribution in [0.1, 0.15) is 11.4 Å². The van der Waals surface area contributed by atoms with E-state index in [2.05, 4.69) is 20.7 Å². The first-order chi connectivity index (χ1) is 15.9. The first-order valence-corrected chi connectivity index (χ1v) is 11.8. The molecule has 33 heavy (non-hydrogen) atoms. The van der Waals surface area contributed by atoms with E-state index in [4.69, 9.17) is 9.47 Å². The number of carbonyl (C=O) groups excluding carboxylic acids is 1. The Hall–Kier alpha value is -3.35. The summed E-state index contributed by atoms with van der Waals surface area (Å²) < 4.78 is 38.2. The van der Waals surface area contributed by atoms with Gasteiger partial charge in [0.1, 0.15) is 12.3 Å². The summed E-state index contributed by atoms with van der Waals surface area (Å²) in [5, 5.41) is 14.6. The number of morpholine rings is 1. The molecule has 0 bridgehead atoms. The third kappa shape index (κ3) is 5.72. The normalized spacial score (nSPS) is 14.7. The molecule has 0 saturated carbocycles. The topological polar surface area (TPSA) is 129 Å². The van der Waals surface area contributed by atoms with E-state index >= 15 is 0 Å². The Bertz CT molecular complexity index is 1210. The number of sulfonamides is 1. The number of carbonyl (C=O) groups is 1. The van der Waals surface area contributed by atoms with Crippen LogP contribution in [0.25, 0.3) is 0 Å². The molecule has 0 aliphatic carbocycles. The van der Waals surface area contributed by atoms with Crippen molar-refractivity contribution < 1.29 is 22.7 Å². The molecule has 2 aromatic carbocycles. The van der Waals surface area contributed by atoms with Crippen LogP contribution in [0, 0.1) is 6.92 Å². The largest absolute Gasteiger partial charge is 0.485 e. The molecule has 0 radical (unpaired) electrons. The van der Waals surface area contributed by atoms with Crippen LogP contribution in [0.5, 0.6) is 5.75 Å². The standard InChI is InChI=1S/C21H24N6O5S/c1-16-7-8-17(13-19(16)33(29,30)26-9-11-31-12-10-26)22-21(28)14-27-24-20(23-25-27)15-32-18-5-3-2-4-6-18/h2-8,13H,9-12,14-15H2,1H3,(H,22,28). The van der Waals surface area contributed by atoms with Crippen molar-refractivity contribution >= 4 is 21.6 Å². The molecule has 3 aromatic rings. The Morgan fingerprint density at radius 3 is 2.67 bits per heavy atom. The van der Waals surface area contributed by atoms with Gasteiger partial charge >= 0.3 is 0 Å². The van der Waals surface area contributed by atoms with E-state index in [0.717, 1.165) is 4.80 Å². The fraction of sp³-hybridized carbons (Fsp3) is 0.333. The summed E-state index contributed by atoms with van der Waals surface area (Å²) in [6.45, 7) is 2.97. The number of benzene rings is 2. The minimum atomic E-state index is -3.69. The van der Waals surface area contributed by atoms with Gasteiger partial charge in [0.25, 0.3) is 0 Å². The molecule has 11 nitrogen and oxygen atoms in total. The van der Waals surface area contributed by atoms with Crippen LogP contribution in [0.4, 0.5) is 5.69 Å². The average Bonchev–Trinajstić information content (AvgIpc) is 3.27. The van der Waals surface area contributed by atoms with Crippen molar-refractivity contribution in [3.8, 4) is 5.75 Å². The van der Waals surface area contributed by atoms with Crippen molar-refractivity contribution in [3.05, 3.63) is 59.9 Å². The molecule has 1 saturated heterocycles. The van der Waals surface area contributed by atoms with Gasteiger partial charge < -0.3 is 14.8 Å². The number of aryl methyl sites for hydroxylation is 1. The molecule has 4 rings (SSSR count). The third-order valence-corrected chi connectivity index (χ3v) is 6.99. The molecular formula is C21H24N6O5S. The predicted molar refractivity (Wildman–Crippen MR) is 118 cm³/mol. The maximum Gasteiger partial charge on any atom is 0.248 e. The molecule has 174 valence electrons. The number of nitrogens with one attached hydrogen (secondary N) is 1. The number of ether oxygens (including phenoxy) is 2. The van der Waals surface area contributed by atoms with Crippen LogP contribution in [0.2, 0.25) is 0 Å². The maximum absolute atomic E-state index is 13.0. The summed E-state index contributed by atoms with van der Waals surface area (Å²) in [4.78, 5) is 13.8. The number of tetrazole rings is 1. The SMILES string of the molecule is Cc1ccc(NC(=O)Cn2nnc(COc3ccccc3)n2)cc1S(=O)(=O)N1CCOCC1. The minimum Gasteiger partial charge on any atom is -0.485 e. The minimum absolute atomic E-state index is 0.117. The lowest BCUT2D eigenvalue weighted by Gasteiger charge is -2.26. The van der Waals surface area contributed by atoms with Gasteiger partial charge in [-0.15, -0.1) is 10.2 Å². The Morgan fingerprint density at radius 2 is 1.91 bits per heavy atom. The van der Waals surface area contributed by atoms with Crippen LogP contribution in [-0.2, 0) is 32.7 Å². The van der Waals surface area contributed by atoms with Gasteiger partial charge in [0.15, 0.2) is 6.61 Å². The van der Waals surface area contributed by atoms with Gasteiger partial charge in [-0.3, -0.25) is 4.79 Å². The number of anilines is 1. The zero-order valence-corrected chi connectivity index (χ0v) is 18.9. The lowest BCUT2D eigenvalue weighted by Crippen LogP contribution is -2.40. The highest BCUT2D eigenvalue weighted by Crippen LogP contribution is 2.24. The second-order valence-corrected chi connectivity index (χ2v) is 9.29. The predicted octanol–water partition coefficient (Wildman–Crippen LogP) is 1.22. The second kappa shape index (κ2) is 10.1. The van der Waals surface area contributed by atoms with E-state index in [-0.39, 0.29) is 18.0 Å². The summed E-state index contributed by atoms with van der Waals surface area (Å²) >= 11 is 0. The Labute approximate surface area is 191 Å². The van der Waals surface area contributed by atoms with E-state index in [1.54, 1.807) is 19.1 Å². The lowest BCUT2D eigenvalue weighted by molar-refractivity contribution is -0.117. The second-order valence-electron chi connectivity index (χ2n) is 7.38. The van der Waals surface area contributed by atoms with Crippen LogP contribution in [-0.4, -0.2) is 65.1 Å². The smallest absolute Gasteiger partial charge is 0.248 e. The van der Waals surface area contributed by atoms with Crippen LogP contribution in [0.15, 0.2) is 53.4 Å². The molecule has 1 aliphatic rings. The van der Waals surface area contributed by atoms with Gasteiger partial charge in [0.05, 0.1) is 18.1 Å². The molecule has 1 N–H and O–H groups in total. The molecular weight excluding hydrogens is 448 g/mol. The molecule has 1 aliphatic heterocycles. The van der Waals surface area contributed by atoms with Gasteiger partial charge in [-0.05, 0) is 42.0 Å². The highest BCUT2D eigenvalue weighted by Gasteiger charge is 2.28. The van der Waals surface area contributed by atoms with Crippen LogP contribution < -0.4 is 10.1 Å². The number of hydrogen-bond acceptors (Lipinski definition) is 8. The number of nitrogens with zero attached hydrogens (tertiary/aromatic N) is 5. The summed E-state index contributed by atoms with van der Waals surface area (Å²) in [5.74, 6) is 0.594. The Morgan fingerprint density at radius 1 is 1.15 bits per heavy atom. The first-order valence-electron chi connectivity index (χ1n) is 10.3.